The molecule has 1 aliphatic heterocycles. The van der Waals surface area contributed by atoms with Crippen molar-refractivity contribution in [2.24, 2.45) is 0 Å². The number of carbonyl (C=O) groups is 1. The van der Waals surface area contributed by atoms with E-state index in [2.05, 4.69) is 34.5 Å². The molecule has 2 unspecified atom stereocenters. The summed E-state index contributed by atoms with van der Waals surface area (Å²) < 4.78 is 35.1. The number of hydrogen-bond donors (Lipinski definition) is 2. The number of nitrogens with one attached hydrogen (secondary N) is 1. The van der Waals surface area contributed by atoms with E-state index in [1.807, 2.05) is 24.3 Å². The fourth-order valence-corrected chi connectivity index (χ4v) is 4.55. The van der Waals surface area contributed by atoms with Crippen LogP contribution in [0.2, 0.25) is 0 Å². The van der Waals surface area contributed by atoms with Gasteiger partial charge in [-0.25, -0.2) is 28.7 Å². The summed E-state index contributed by atoms with van der Waals surface area (Å²) in [6.07, 6.45) is 4.71. The SMILES string of the molecule is CC1(c2ccc(P)cc2)C(=O)Nc2nc(-c3cn4ccnc4c(Oc4cc(F)ccc4F)n3)nc(N)c21. The van der Waals surface area contributed by atoms with Crippen LogP contribution < -0.4 is 21.1 Å². The number of rotatable bonds is 4. The fourth-order valence-electron chi connectivity index (χ4n) is 4.35. The summed E-state index contributed by atoms with van der Waals surface area (Å²) in [5.74, 6) is -1.73. The van der Waals surface area contributed by atoms with Crippen LogP contribution in [0.5, 0.6) is 11.6 Å². The lowest BCUT2D eigenvalue weighted by Gasteiger charge is -2.23. The number of carbonyl (C=O) groups excluding carboxylic acids is 1. The van der Waals surface area contributed by atoms with E-state index in [9.17, 15) is 13.6 Å². The van der Waals surface area contributed by atoms with Gasteiger partial charge in [0.15, 0.2) is 17.4 Å². The van der Waals surface area contributed by atoms with Crippen LogP contribution in [0.4, 0.5) is 20.4 Å². The Labute approximate surface area is 211 Å². The van der Waals surface area contributed by atoms with Crippen LogP contribution in [-0.2, 0) is 10.2 Å². The normalized spacial score (nSPS) is 16.6. The molecule has 0 saturated heterocycles. The van der Waals surface area contributed by atoms with Gasteiger partial charge in [0.25, 0.3) is 5.88 Å². The van der Waals surface area contributed by atoms with Crippen molar-refractivity contribution in [2.75, 3.05) is 11.1 Å². The number of nitrogen functional groups attached to an aromatic ring is 1. The molecule has 4 heterocycles. The van der Waals surface area contributed by atoms with Crippen LogP contribution in [0.1, 0.15) is 18.1 Å². The number of aromatic nitrogens is 5. The number of fused-ring (bicyclic) bond motifs is 2. The highest BCUT2D eigenvalue weighted by atomic mass is 31.0. The van der Waals surface area contributed by atoms with Gasteiger partial charge in [-0.15, -0.1) is 9.24 Å². The third-order valence-corrected chi connectivity index (χ3v) is 6.67. The highest BCUT2D eigenvalue weighted by molar-refractivity contribution is 7.27. The van der Waals surface area contributed by atoms with E-state index < -0.39 is 17.0 Å². The number of nitrogens with two attached hydrogens (primary N) is 1. The average molecular weight is 517 g/mol. The monoisotopic (exact) mass is 517 g/mol. The van der Waals surface area contributed by atoms with Crippen molar-refractivity contribution in [1.29, 1.82) is 0 Å². The summed E-state index contributed by atoms with van der Waals surface area (Å²) in [5, 5.41) is 3.78. The van der Waals surface area contributed by atoms with Crippen molar-refractivity contribution < 1.29 is 18.3 Å². The van der Waals surface area contributed by atoms with E-state index in [1.165, 1.54) is 6.20 Å². The van der Waals surface area contributed by atoms with Gasteiger partial charge in [0.1, 0.15) is 28.6 Å². The second-order valence-corrected chi connectivity index (χ2v) is 9.29. The van der Waals surface area contributed by atoms with Gasteiger partial charge >= 0.3 is 0 Å². The molecule has 0 saturated carbocycles. The Morgan fingerprint density at radius 3 is 2.68 bits per heavy atom. The van der Waals surface area contributed by atoms with Crippen LogP contribution in [0, 0.1) is 11.6 Å². The Kier molecular flexibility index (Phi) is 5.13. The molecule has 3 aromatic heterocycles. The first-order valence-electron chi connectivity index (χ1n) is 11.1. The third kappa shape index (κ3) is 3.66. The lowest BCUT2D eigenvalue weighted by Crippen LogP contribution is -2.33. The topological polar surface area (TPSA) is 120 Å². The largest absolute Gasteiger partial charge is 0.433 e. The van der Waals surface area contributed by atoms with Crippen molar-refractivity contribution in [3.05, 3.63) is 83.8 Å². The molecule has 1 aliphatic rings. The molecule has 0 aliphatic carbocycles. The highest BCUT2D eigenvalue weighted by Gasteiger charge is 2.47. The van der Waals surface area contributed by atoms with Gasteiger partial charge in [-0.3, -0.25) is 4.79 Å². The zero-order chi connectivity index (χ0) is 25.9. The van der Waals surface area contributed by atoms with Crippen LogP contribution in [0.25, 0.3) is 17.2 Å². The summed E-state index contributed by atoms with van der Waals surface area (Å²) in [7, 11) is 2.60. The summed E-state index contributed by atoms with van der Waals surface area (Å²) in [6, 6.07) is 10.3. The molecule has 9 nitrogen and oxygen atoms in total. The summed E-state index contributed by atoms with van der Waals surface area (Å²) in [4.78, 5) is 30.7. The predicted octanol–water partition coefficient (Wildman–Crippen LogP) is 3.60. The predicted molar refractivity (Wildman–Crippen MR) is 136 cm³/mol. The Bertz CT molecular complexity index is 1730. The summed E-state index contributed by atoms with van der Waals surface area (Å²) >= 11 is 0. The Morgan fingerprint density at radius 1 is 1.11 bits per heavy atom. The molecule has 12 heteroatoms. The summed E-state index contributed by atoms with van der Waals surface area (Å²) in [6.45, 7) is 1.76. The standard InChI is InChI=1S/C25H18F2N7O2P/c1-25(12-2-5-14(37)6-3-12)18-19(28)31-20(32-21(18)33-24(25)35)16-11-34-9-8-29-22(34)23(30-16)36-17-10-13(26)4-7-15(17)27/h2-11H,37H2,1H3,(H3,28,31,32,33,35). The molecule has 0 fully saturated rings. The Balaban J connectivity index is 1.46. The van der Waals surface area contributed by atoms with E-state index in [1.54, 1.807) is 23.7 Å². The maximum atomic E-state index is 14.3. The van der Waals surface area contributed by atoms with Crippen LogP contribution in [-0.4, -0.2) is 30.2 Å². The number of halogens is 2. The smallest absolute Gasteiger partial charge is 0.264 e. The Morgan fingerprint density at radius 2 is 1.89 bits per heavy atom. The minimum absolute atomic E-state index is 0.0962. The van der Waals surface area contributed by atoms with E-state index in [-0.39, 0.29) is 46.3 Å². The Hall–Kier alpha value is -4.50. The lowest BCUT2D eigenvalue weighted by molar-refractivity contribution is -0.119. The molecular weight excluding hydrogens is 499 g/mol. The second-order valence-electron chi connectivity index (χ2n) is 8.62. The van der Waals surface area contributed by atoms with Gasteiger partial charge in [0.2, 0.25) is 11.6 Å². The second kappa shape index (κ2) is 8.28. The first-order chi connectivity index (χ1) is 17.7. The molecule has 0 bridgehead atoms. The molecule has 1 amide bonds. The number of imidazole rings is 1. The van der Waals surface area contributed by atoms with Crippen molar-refractivity contribution in [3.63, 3.8) is 0 Å². The number of nitrogens with zero attached hydrogens (tertiary/aromatic N) is 5. The molecule has 2 atom stereocenters. The van der Waals surface area contributed by atoms with E-state index in [0.717, 1.165) is 29.1 Å². The minimum atomic E-state index is -1.10. The highest BCUT2D eigenvalue weighted by Crippen LogP contribution is 2.44. The quantitative estimate of drug-likeness (QED) is 0.350. The van der Waals surface area contributed by atoms with E-state index in [4.69, 9.17) is 10.5 Å². The van der Waals surface area contributed by atoms with Crippen LogP contribution >= 0.6 is 9.24 Å². The molecular formula is C25H18F2N7O2P. The van der Waals surface area contributed by atoms with Gasteiger partial charge in [-0.1, -0.05) is 24.3 Å². The molecule has 184 valence electrons. The van der Waals surface area contributed by atoms with E-state index >= 15 is 0 Å². The van der Waals surface area contributed by atoms with Gasteiger partial charge in [0, 0.05) is 24.7 Å². The number of amides is 1. The maximum absolute atomic E-state index is 14.3. The fraction of sp³-hybridized carbons (Fsp3) is 0.0800. The van der Waals surface area contributed by atoms with Gasteiger partial charge in [-0.2, -0.15) is 0 Å². The average Bonchev–Trinajstić information content (AvgIpc) is 3.44. The number of ether oxygens (including phenoxy) is 1. The zero-order valence-electron chi connectivity index (χ0n) is 19.2. The molecule has 2 aromatic carbocycles. The third-order valence-electron chi connectivity index (χ3n) is 6.28. The van der Waals surface area contributed by atoms with Crippen molar-refractivity contribution in [3.8, 4) is 23.1 Å². The summed E-state index contributed by atoms with van der Waals surface area (Å²) in [5.41, 5.74) is 6.96. The van der Waals surface area contributed by atoms with Crippen molar-refractivity contribution in [2.45, 2.75) is 12.3 Å². The molecule has 0 radical (unpaired) electrons. The number of anilines is 2. The van der Waals surface area contributed by atoms with Gasteiger partial charge < -0.3 is 20.2 Å². The number of hydrogen-bond acceptors (Lipinski definition) is 7. The van der Waals surface area contributed by atoms with Crippen molar-refractivity contribution in [1.82, 2.24) is 24.3 Å². The van der Waals surface area contributed by atoms with Gasteiger partial charge in [0.05, 0.1) is 5.56 Å². The molecule has 5 aromatic rings. The maximum Gasteiger partial charge on any atom is 0.264 e. The van der Waals surface area contributed by atoms with Crippen molar-refractivity contribution >= 4 is 37.7 Å². The van der Waals surface area contributed by atoms with Crippen LogP contribution in [0.15, 0.2) is 61.1 Å². The molecule has 3 N–H and O–H groups in total. The lowest BCUT2D eigenvalue weighted by atomic mass is 9.78. The van der Waals surface area contributed by atoms with Gasteiger partial charge in [-0.05, 0) is 29.9 Å². The number of benzene rings is 2. The zero-order valence-corrected chi connectivity index (χ0v) is 20.4. The van der Waals surface area contributed by atoms with E-state index in [0.29, 0.717) is 5.56 Å². The van der Waals surface area contributed by atoms with Crippen LogP contribution in [0.3, 0.4) is 0 Å². The first kappa shape index (κ1) is 22.9. The molecule has 0 spiro atoms. The molecule has 6 rings (SSSR count). The first-order valence-corrected chi connectivity index (χ1v) is 11.6. The molecule has 37 heavy (non-hydrogen) atoms. The minimum Gasteiger partial charge on any atom is -0.433 e.